The van der Waals surface area contributed by atoms with Gasteiger partial charge >= 0.3 is 0 Å². The molecule has 138 valence electrons. The van der Waals surface area contributed by atoms with E-state index in [9.17, 15) is 19.7 Å². The van der Waals surface area contributed by atoms with Crippen LogP contribution in [0.4, 0.5) is 10.8 Å². The van der Waals surface area contributed by atoms with Crippen LogP contribution >= 0.6 is 22.9 Å². The molecule has 0 aliphatic carbocycles. The van der Waals surface area contributed by atoms with Gasteiger partial charge in [0.1, 0.15) is 11.6 Å². The van der Waals surface area contributed by atoms with Crippen LogP contribution in [0.25, 0.3) is 0 Å². The van der Waals surface area contributed by atoms with Crippen LogP contribution in [-0.2, 0) is 4.79 Å². The number of aromatic nitrogens is 1. The van der Waals surface area contributed by atoms with Crippen LogP contribution in [0.1, 0.15) is 24.2 Å². The number of carbonyl (C=O) groups is 2. The van der Waals surface area contributed by atoms with Gasteiger partial charge < -0.3 is 10.2 Å². The summed E-state index contributed by atoms with van der Waals surface area (Å²) in [7, 11) is 0. The number of rotatable bonds is 7. The highest BCUT2D eigenvalue weighted by atomic mass is 35.5. The Morgan fingerprint density at radius 2 is 2.15 bits per heavy atom. The van der Waals surface area contributed by atoms with E-state index in [1.807, 2.05) is 13.8 Å². The van der Waals surface area contributed by atoms with Gasteiger partial charge in [-0.2, -0.15) is 0 Å². The number of carbonyl (C=O) groups excluding carboxylic acids is 2. The molecule has 1 heterocycles. The molecule has 0 aliphatic heterocycles. The van der Waals surface area contributed by atoms with E-state index in [-0.39, 0.29) is 28.7 Å². The molecular weight excluding hydrogens is 380 g/mol. The zero-order chi connectivity index (χ0) is 19.3. The van der Waals surface area contributed by atoms with Crippen LogP contribution in [-0.4, -0.2) is 39.7 Å². The Hall–Kier alpha value is -2.52. The van der Waals surface area contributed by atoms with Crippen LogP contribution in [0, 0.1) is 16.0 Å². The molecule has 2 aromatic rings. The van der Waals surface area contributed by atoms with E-state index >= 15 is 0 Å². The number of amides is 2. The average Bonchev–Trinajstić information content (AvgIpc) is 3.06. The number of halogens is 1. The number of anilines is 1. The Labute approximate surface area is 158 Å². The molecule has 1 aromatic carbocycles. The maximum absolute atomic E-state index is 12.8. The topological polar surface area (TPSA) is 105 Å². The molecule has 0 saturated heterocycles. The van der Waals surface area contributed by atoms with E-state index in [0.717, 1.165) is 6.07 Å². The van der Waals surface area contributed by atoms with Crippen molar-refractivity contribution in [3.63, 3.8) is 0 Å². The molecule has 0 bridgehead atoms. The van der Waals surface area contributed by atoms with Gasteiger partial charge in [-0.1, -0.05) is 25.4 Å². The fourth-order valence-electron chi connectivity index (χ4n) is 2.25. The van der Waals surface area contributed by atoms with Crippen molar-refractivity contribution in [3.05, 3.63) is 50.5 Å². The van der Waals surface area contributed by atoms with Gasteiger partial charge in [0.15, 0.2) is 5.13 Å². The van der Waals surface area contributed by atoms with E-state index in [0.29, 0.717) is 11.7 Å². The number of hydrogen-bond acceptors (Lipinski definition) is 6. The number of thiazole rings is 1. The number of nitrogens with one attached hydrogen (secondary N) is 1. The van der Waals surface area contributed by atoms with Crippen LogP contribution < -0.4 is 5.32 Å². The largest absolute Gasteiger partial charge is 0.329 e. The molecule has 26 heavy (non-hydrogen) atoms. The highest BCUT2D eigenvalue weighted by Crippen LogP contribution is 2.25. The molecule has 0 spiro atoms. The van der Waals surface area contributed by atoms with E-state index in [1.54, 1.807) is 11.6 Å². The molecule has 0 fully saturated rings. The lowest BCUT2D eigenvalue weighted by molar-refractivity contribution is -0.384. The zero-order valence-electron chi connectivity index (χ0n) is 14.1. The number of hydrogen-bond donors (Lipinski definition) is 1. The summed E-state index contributed by atoms with van der Waals surface area (Å²) in [4.78, 5) is 40.7. The second kappa shape index (κ2) is 8.72. The Bertz CT molecular complexity index is 811. The van der Waals surface area contributed by atoms with Crippen LogP contribution in [0.3, 0.4) is 0 Å². The lowest BCUT2D eigenvalue weighted by Crippen LogP contribution is -2.40. The van der Waals surface area contributed by atoms with Gasteiger partial charge in [0.05, 0.1) is 4.92 Å². The number of benzene rings is 1. The summed E-state index contributed by atoms with van der Waals surface area (Å²) < 4.78 is 0. The maximum Gasteiger partial charge on any atom is 0.288 e. The normalized spacial score (nSPS) is 10.6. The quantitative estimate of drug-likeness (QED) is 0.570. The molecule has 2 rings (SSSR count). The van der Waals surface area contributed by atoms with Gasteiger partial charge in [-0.05, 0) is 18.1 Å². The fraction of sp³-hybridized carbons (Fsp3) is 0.312. The maximum atomic E-state index is 12.8. The zero-order valence-corrected chi connectivity index (χ0v) is 15.7. The first-order valence-corrected chi connectivity index (χ1v) is 8.96. The minimum Gasteiger partial charge on any atom is -0.329 e. The first-order chi connectivity index (χ1) is 12.3. The molecule has 1 N–H and O–H groups in total. The number of nitro benzene ring substituents is 1. The molecule has 0 aliphatic rings. The molecule has 0 unspecified atom stereocenters. The van der Waals surface area contributed by atoms with E-state index in [1.165, 1.54) is 28.4 Å². The summed E-state index contributed by atoms with van der Waals surface area (Å²) in [5.74, 6) is -0.765. The third-order valence-corrected chi connectivity index (χ3v) is 4.28. The summed E-state index contributed by atoms with van der Waals surface area (Å²) >= 11 is 7.05. The molecule has 2 amide bonds. The molecule has 1 aromatic heterocycles. The van der Waals surface area contributed by atoms with Crippen molar-refractivity contribution in [2.75, 3.05) is 18.4 Å². The van der Waals surface area contributed by atoms with Gasteiger partial charge in [-0.25, -0.2) is 4.98 Å². The van der Waals surface area contributed by atoms with Gasteiger partial charge in [0.25, 0.3) is 11.6 Å². The smallest absolute Gasteiger partial charge is 0.288 e. The molecule has 0 saturated carbocycles. The predicted octanol–water partition coefficient (Wildman–Crippen LogP) is 3.44. The van der Waals surface area contributed by atoms with Gasteiger partial charge in [-0.15, -0.1) is 11.3 Å². The van der Waals surface area contributed by atoms with Gasteiger partial charge in [-0.3, -0.25) is 19.7 Å². The Morgan fingerprint density at radius 3 is 2.73 bits per heavy atom. The monoisotopic (exact) mass is 396 g/mol. The first-order valence-electron chi connectivity index (χ1n) is 7.70. The van der Waals surface area contributed by atoms with Crippen molar-refractivity contribution in [3.8, 4) is 0 Å². The Kier molecular flexibility index (Phi) is 6.64. The third kappa shape index (κ3) is 5.24. The fourth-order valence-corrected chi connectivity index (χ4v) is 2.98. The molecule has 0 atom stereocenters. The van der Waals surface area contributed by atoms with Crippen molar-refractivity contribution >= 4 is 45.6 Å². The summed E-state index contributed by atoms with van der Waals surface area (Å²) in [6.07, 6.45) is 1.56. The molecular formula is C16H17ClN4O4S. The summed E-state index contributed by atoms with van der Waals surface area (Å²) in [6.45, 7) is 3.94. The van der Waals surface area contributed by atoms with E-state index < -0.39 is 16.7 Å². The number of nitrogens with zero attached hydrogens (tertiary/aromatic N) is 3. The Balaban J connectivity index is 2.20. The van der Waals surface area contributed by atoms with E-state index in [2.05, 4.69) is 10.3 Å². The second-order valence-corrected chi connectivity index (χ2v) is 7.19. The summed E-state index contributed by atoms with van der Waals surface area (Å²) in [6, 6.07) is 3.83. The first kappa shape index (κ1) is 19.8. The lowest BCUT2D eigenvalue weighted by atomic mass is 10.1. The molecule has 10 heteroatoms. The van der Waals surface area contributed by atoms with Crippen molar-refractivity contribution in [1.29, 1.82) is 0 Å². The Morgan fingerprint density at radius 1 is 1.42 bits per heavy atom. The minimum atomic E-state index is -0.652. The van der Waals surface area contributed by atoms with Crippen molar-refractivity contribution in [2.45, 2.75) is 13.8 Å². The molecule has 8 nitrogen and oxygen atoms in total. The average molecular weight is 397 g/mol. The SMILES string of the molecule is CC(C)CN(CC(=O)Nc1nccs1)C(=O)c1ccc(Cl)c([N+](=O)[O-])c1. The highest BCUT2D eigenvalue weighted by Gasteiger charge is 2.23. The molecule has 0 radical (unpaired) electrons. The highest BCUT2D eigenvalue weighted by molar-refractivity contribution is 7.13. The van der Waals surface area contributed by atoms with Gasteiger partial charge in [0, 0.05) is 29.8 Å². The van der Waals surface area contributed by atoms with Crippen molar-refractivity contribution in [1.82, 2.24) is 9.88 Å². The van der Waals surface area contributed by atoms with E-state index in [4.69, 9.17) is 11.6 Å². The lowest BCUT2D eigenvalue weighted by Gasteiger charge is -2.24. The standard InChI is InChI=1S/C16H17ClN4O4S/c1-10(2)8-20(9-14(22)19-16-18-5-6-26-16)15(23)11-3-4-12(17)13(7-11)21(24)25/h3-7,10H,8-9H2,1-2H3,(H,18,19,22). The number of nitro groups is 1. The summed E-state index contributed by atoms with van der Waals surface area (Å²) in [5.41, 5.74) is -0.252. The predicted molar refractivity (Wildman–Crippen MR) is 99.6 cm³/mol. The second-order valence-electron chi connectivity index (χ2n) is 5.89. The summed E-state index contributed by atoms with van der Waals surface area (Å²) in [5, 5.41) is 15.8. The van der Waals surface area contributed by atoms with Crippen LogP contribution in [0.2, 0.25) is 5.02 Å². The van der Waals surface area contributed by atoms with Crippen molar-refractivity contribution in [2.24, 2.45) is 5.92 Å². The minimum absolute atomic E-state index is 0.0523. The van der Waals surface area contributed by atoms with Crippen LogP contribution in [0.5, 0.6) is 0 Å². The van der Waals surface area contributed by atoms with Crippen molar-refractivity contribution < 1.29 is 14.5 Å². The van der Waals surface area contributed by atoms with Gasteiger partial charge in [0.2, 0.25) is 5.91 Å². The third-order valence-electron chi connectivity index (χ3n) is 3.28. The van der Waals surface area contributed by atoms with Crippen LogP contribution in [0.15, 0.2) is 29.8 Å².